The number of hydrogen-bond acceptors (Lipinski definition) is 5. The third-order valence-electron chi connectivity index (χ3n) is 4.53. The number of fused-ring (bicyclic) bond motifs is 1. The van der Waals surface area contributed by atoms with Crippen molar-refractivity contribution in [1.82, 2.24) is 4.98 Å². The van der Waals surface area contributed by atoms with Crippen LogP contribution in [0, 0.1) is 11.7 Å². The Bertz CT molecular complexity index is 1030. The number of oxazole rings is 1. The molecule has 0 saturated carbocycles. The lowest BCUT2D eigenvalue weighted by atomic mass is 10.1. The highest BCUT2D eigenvalue weighted by Crippen LogP contribution is 2.31. The highest BCUT2D eigenvalue weighted by atomic mass is 19.1. The number of aromatic nitrogens is 1. The lowest BCUT2D eigenvalue weighted by Gasteiger charge is -2.16. The fourth-order valence-electron chi connectivity index (χ4n) is 3.21. The summed E-state index contributed by atoms with van der Waals surface area (Å²) in [7, 11) is 0. The van der Waals surface area contributed by atoms with Gasteiger partial charge in [0.25, 0.3) is 0 Å². The molecule has 1 aliphatic heterocycles. The Morgan fingerprint density at radius 1 is 1.33 bits per heavy atom. The first-order valence-corrected chi connectivity index (χ1v) is 8.69. The molecule has 1 aromatic heterocycles. The van der Waals surface area contributed by atoms with Crippen LogP contribution in [-0.2, 0) is 14.3 Å². The summed E-state index contributed by atoms with van der Waals surface area (Å²) < 4.78 is 24.6. The Hall–Kier alpha value is -3.22. The maximum absolute atomic E-state index is 14.0. The predicted octanol–water partition coefficient (Wildman–Crippen LogP) is 3.55. The number of hydrogen-bond donors (Lipinski definition) is 0. The summed E-state index contributed by atoms with van der Waals surface area (Å²) in [5.74, 6) is -1.23. The Morgan fingerprint density at radius 2 is 2.15 bits per heavy atom. The van der Waals surface area contributed by atoms with E-state index in [0.29, 0.717) is 16.8 Å². The van der Waals surface area contributed by atoms with Crippen molar-refractivity contribution in [3.8, 4) is 11.5 Å². The van der Waals surface area contributed by atoms with E-state index in [-0.39, 0.29) is 42.9 Å². The van der Waals surface area contributed by atoms with Crippen LogP contribution in [0.15, 0.2) is 46.9 Å². The molecule has 138 valence electrons. The Morgan fingerprint density at radius 3 is 2.93 bits per heavy atom. The minimum atomic E-state index is -0.473. The van der Waals surface area contributed by atoms with Crippen LogP contribution in [0.2, 0.25) is 0 Å². The first-order valence-electron chi connectivity index (χ1n) is 8.69. The van der Waals surface area contributed by atoms with Crippen LogP contribution in [0.4, 0.5) is 10.1 Å². The molecule has 1 saturated heterocycles. The number of esters is 1. The van der Waals surface area contributed by atoms with Crippen LogP contribution in [0.25, 0.3) is 22.6 Å². The second-order valence-corrected chi connectivity index (χ2v) is 6.31. The van der Waals surface area contributed by atoms with Gasteiger partial charge in [-0.2, -0.15) is 0 Å². The molecule has 3 aromatic rings. The van der Waals surface area contributed by atoms with Gasteiger partial charge in [0.05, 0.1) is 18.1 Å². The molecule has 27 heavy (non-hydrogen) atoms. The monoisotopic (exact) mass is 368 g/mol. The quantitative estimate of drug-likeness (QED) is 0.659. The van der Waals surface area contributed by atoms with Gasteiger partial charge in [0.15, 0.2) is 5.58 Å². The third kappa shape index (κ3) is 3.16. The number of anilines is 1. The van der Waals surface area contributed by atoms with Gasteiger partial charge in [0, 0.05) is 18.7 Å². The minimum absolute atomic E-state index is 0.121. The van der Waals surface area contributed by atoms with Crippen molar-refractivity contribution in [2.75, 3.05) is 18.1 Å². The lowest BCUT2D eigenvalue weighted by molar-refractivity contribution is -0.147. The average Bonchev–Trinajstić information content (AvgIpc) is 3.25. The van der Waals surface area contributed by atoms with Gasteiger partial charge in [-0.3, -0.25) is 9.59 Å². The zero-order chi connectivity index (χ0) is 19.0. The van der Waals surface area contributed by atoms with Crippen LogP contribution in [0.1, 0.15) is 13.3 Å². The van der Waals surface area contributed by atoms with Gasteiger partial charge in [-0.05, 0) is 37.3 Å². The molecule has 1 atom stereocenters. The van der Waals surface area contributed by atoms with Gasteiger partial charge >= 0.3 is 5.97 Å². The SMILES string of the molecule is CCOC(=O)[C@H]1CC(=O)N(c2ccc3oc(-c4ccccc4F)nc3c2)C1. The van der Waals surface area contributed by atoms with Crippen molar-refractivity contribution >= 4 is 28.7 Å². The van der Waals surface area contributed by atoms with E-state index in [1.165, 1.54) is 6.07 Å². The molecule has 0 spiro atoms. The molecule has 0 bridgehead atoms. The maximum atomic E-state index is 14.0. The first-order chi connectivity index (χ1) is 13.1. The van der Waals surface area contributed by atoms with E-state index in [1.54, 1.807) is 48.2 Å². The molecule has 2 heterocycles. The van der Waals surface area contributed by atoms with E-state index in [1.807, 2.05) is 0 Å². The maximum Gasteiger partial charge on any atom is 0.311 e. The van der Waals surface area contributed by atoms with Crippen molar-refractivity contribution in [3.05, 3.63) is 48.3 Å². The third-order valence-corrected chi connectivity index (χ3v) is 4.53. The molecule has 0 radical (unpaired) electrons. The molecule has 0 aliphatic carbocycles. The summed E-state index contributed by atoms with van der Waals surface area (Å²) >= 11 is 0. The number of rotatable bonds is 4. The summed E-state index contributed by atoms with van der Waals surface area (Å²) in [5.41, 5.74) is 1.89. The zero-order valence-electron chi connectivity index (χ0n) is 14.6. The molecule has 1 fully saturated rings. The number of ether oxygens (including phenoxy) is 1. The number of benzene rings is 2. The number of amides is 1. The van der Waals surface area contributed by atoms with Gasteiger partial charge in [-0.15, -0.1) is 0 Å². The van der Waals surface area contributed by atoms with Crippen molar-refractivity contribution in [2.24, 2.45) is 5.92 Å². The van der Waals surface area contributed by atoms with Crippen LogP contribution >= 0.6 is 0 Å². The van der Waals surface area contributed by atoms with Crippen LogP contribution in [0.5, 0.6) is 0 Å². The summed E-state index contributed by atoms with van der Waals surface area (Å²) in [4.78, 5) is 30.1. The molecule has 4 rings (SSSR count). The summed E-state index contributed by atoms with van der Waals surface area (Å²) in [6, 6.07) is 11.4. The lowest BCUT2D eigenvalue weighted by Crippen LogP contribution is -2.26. The van der Waals surface area contributed by atoms with E-state index in [2.05, 4.69) is 4.98 Å². The van der Waals surface area contributed by atoms with Crippen molar-refractivity contribution in [2.45, 2.75) is 13.3 Å². The molecular weight excluding hydrogens is 351 g/mol. The minimum Gasteiger partial charge on any atom is -0.466 e. The topological polar surface area (TPSA) is 72.6 Å². The second-order valence-electron chi connectivity index (χ2n) is 6.31. The normalized spacial score (nSPS) is 16.9. The summed E-state index contributed by atoms with van der Waals surface area (Å²) in [6.07, 6.45) is 0.121. The van der Waals surface area contributed by atoms with Crippen molar-refractivity contribution in [1.29, 1.82) is 0 Å². The Kier molecular flexibility index (Phi) is 4.35. The van der Waals surface area contributed by atoms with E-state index >= 15 is 0 Å². The van der Waals surface area contributed by atoms with E-state index in [4.69, 9.17) is 9.15 Å². The van der Waals surface area contributed by atoms with Crippen LogP contribution < -0.4 is 4.90 Å². The molecule has 6 nitrogen and oxygen atoms in total. The summed E-state index contributed by atoms with van der Waals surface area (Å²) in [6.45, 7) is 2.28. The van der Waals surface area contributed by atoms with Gasteiger partial charge < -0.3 is 14.1 Å². The van der Waals surface area contributed by atoms with E-state index < -0.39 is 11.7 Å². The smallest absolute Gasteiger partial charge is 0.311 e. The number of carbonyl (C=O) groups excluding carboxylic acids is 2. The van der Waals surface area contributed by atoms with E-state index in [9.17, 15) is 14.0 Å². The molecule has 7 heteroatoms. The Labute approximate surface area is 154 Å². The highest BCUT2D eigenvalue weighted by molar-refractivity contribution is 6.00. The zero-order valence-corrected chi connectivity index (χ0v) is 14.6. The molecule has 1 aliphatic rings. The van der Waals surface area contributed by atoms with Crippen LogP contribution in [-0.4, -0.2) is 30.0 Å². The largest absolute Gasteiger partial charge is 0.466 e. The predicted molar refractivity (Wildman–Crippen MR) is 96.5 cm³/mol. The van der Waals surface area contributed by atoms with Gasteiger partial charge in [0.2, 0.25) is 11.8 Å². The molecule has 0 N–H and O–H groups in total. The van der Waals surface area contributed by atoms with Gasteiger partial charge in [-0.1, -0.05) is 12.1 Å². The van der Waals surface area contributed by atoms with Gasteiger partial charge in [0.1, 0.15) is 11.3 Å². The second kappa shape index (κ2) is 6.83. The highest BCUT2D eigenvalue weighted by Gasteiger charge is 2.36. The molecule has 1 amide bonds. The molecule has 2 aromatic carbocycles. The standard InChI is InChI=1S/C20H17FN2O4/c1-2-26-20(25)12-9-18(24)23(11-12)13-7-8-17-16(10-13)22-19(27-17)14-5-3-4-6-15(14)21/h3-8,10,12H,2,9,11H2,1H3/t12-/m0/s1. The fraction of sp³-hybridized carbons (Fsp3) is 0.250. The van der Waals surface area contributed by atoms with Gasteiger partial charge in [-0.25, -0.2) is 9.37 Å². The number of nitrogens with zero attached hydrogens (tertiary/aromatic N) is 2. The van der Waals surface area contributed by atoms with Crippen molar-refractivity contribution < 1.29 is 23.1 Å². The summed E-state index contributed by atoms with van der Waals surface area (Å²) in [5, 5.41) is 0. The number of halogens is 1. The average molecular weight is 368 g/mol. The Balaban J connectivity index is 1.63. The van der Waals surface area contributed by atoms with Crippen molar-refractivity contribution in [3.63, 3.8) is 0 Å². The van der Waals surface area contributed by atoms with Crippen LogP contribution in [0.3, 0.4) is 0 Å². The fourth-order valence-corrected chi connectivity index (χ4v) is 3.21. The first kappa shape index (κ1) is 17.2. The van der Waals surface area contributed by atoms with E-state index in [0.717, 1.165) is 0 Å². The number of carbonyl (C=O) groups is 2. The molecule has 0 unspecified atom stereocenters. The molecular formula is C20H17FN2O4.